The Kier molecular flexibility index (Phi) is 7.61. The molecule has 0 radical (unpaired) electrons. The number of carbonyl (C=O) groups excluding carboxylic acids is 4. The topological polar surface area (TPSA) is 102 Å². The summed E-state index contributed by atoms with van der Waals surface area (Å²) < 4.78 is 4.68. The van der Waals surface area contributed by atoms with Crippen LogP contribution >= 0.6 is 0 Å². The zero-order chi connectivity index (χ0) is 18.1. The Labute approximate surface area is 140 Å². The molecule has 0 bridgehead atoms. The molecule has 130 valence electrons. The largest absolute Gasteiger partial charge is 0.467 e. The van der Waals surface area contributed by atoms with Gasteiger partial charge in [-0.25, -0.2) is 4.79 Å². The minimum absolute atomic E-state index is 0.00296. The molecular formula is C17H22N2O5. The van der Waals surface area contributed by atoms with Crippen LogP contribution < -0.4 is 10.6 Å². The molecule has 1 aromatic carbocycles. The van der Waals surface area contributed by atoms with Crippen LogP contribution in [0.5, 0.6) is 0 Å². The molecule has 24 heavy (non-hydrogen) atoms. The second-order valence-electron chi connectivity index (χ2n) is 5.21. The van der Waals surface area contributed by atoms with E-state index in [4.69, 9.17) is 0 Å². The lowest BCUT2D eigenvalue weighted by molar-refractivity contribution is -0.143. The fraction of sp³-hybridized carbons (Fsp3) is 0.412. The zero-order valence-electron chi connectivity index (χ0n) is 14.0. The van der Waals surface area contributed by atoms with E-state index in [-0.39, 0.29) is 30.1 Å². The molecule has 0 spiro atoms. The van der Waals surface area contributed by atoms with Gasteiger partial charge in [-0.15, -0.1) is 0 Å². The fourth-order valence-electron chi connectivity index (χ4n) is 2.09. The number of ketones is 1. The first-order chi connectivity index (χ1) is 11.4. The second kappa shape index (κ2) is 9.44. The number of rotatable bonds is 8. The first kappa shape index (κ1) is 19.3. The average molecular weight is 334 g/mol. The predicted molar refractivity (Wildman–Crippen MR) is 88.5 cm³/mol. The summed E-state index contributed by atoms with van der Waals surface area (Å²) in [6.45, 7) is 3.07. The van der Waals surface area contributed by atoms with E-state index in [2.05, 4.69) is 15.4 Å². The fourth-order valence-corrected chi connectivity index (χ4v) is 2.09. The lowest BCUT2D eigenvalue weighted by atomic mass is 10.1. The molecule has 0 aliphatic carbocycles. The van der Waals surface area contributed by atoms with Gasteiger partial charge in [-0.2, -0.15) is 0 Å². The van der Waals surface area contributed by atoms with Crippen molar-refractivity contribution in [2.45, 2.75) is 39.2 Å². The maximum Gasteiger partial charge on any atom is 0.328 e. The van der Waals surface area contributed by atoms with E-state index >= 15 is 0 Å². The molecule has 2 amide bonds. The van der Waals surface area contributed by atoms with Gasteiger partial charge in [0, 0.05) is 19.8 Å². The van der Waals surface area contributed by atoms with Crippen LogP contribution in [0.3, 0.4) is 0 Å². The van der Waals surface area contributed by atoms with Crippen LogP contribution in [-0.2, 0) is 19.1 Å². The summed E-state index contributed by atoms with van der Waals surface area (Å²) in [5, 5.41) is 5.12. The lowest BCUT2D eigenvalue weighted by Crippen LogP contribution is -2.42. The third kappa shape index (κ3) is 5.83. The first-order valence-corrected chi connectivity index (χ1v) is 7.66. The van der Waals surface area contributed by atoms with E-state index in [1.807, 2.05) is 0 Å². The predicted octanol–water partition coefficient (Wildman–Crippen LogP) is 1.68. The standard InChI is InChI=1S/C17H22N2O5/c1-4-12(21)9-10-15(17(23)24-3)19-16(22)13-7-5-6-8-14(13)18-11(2)20/h5-8,15H,4,9-10H2,1-3H3,(H,18,20)(H,19,22)/t15-/m1/s1. The number of carbonyl (C=O) groups is 4. The van der Waals surface area contributed by atoms with Crippen LogP contribution in [0.4, 0.5) is 5.69 Å². The van der Waals surface area contributed by atoms with Gasteiger partial charge in [0.25, 0.3) is 5.91 Å². The summed E-state index contributed by atoms with van der Waals surface area (Å²) in [5.41, 5.74) is 0.569. The smallest absolute Gasteiger partial charge is 0.328 e. The highest BCUT2D eigenvalue weighted by atomic mass is 16.5. The van der Waals surface area contributed by atoms with Crippen LogP contribution in [0.25, 0.3) is 0 Å². The molecule has 0 unspecified atom stereocenters. The molecule has 1 atom stereocenters. The van der Waals surface area contributed by atoms with Crippen molar-refractivity contribution in [3.05, 3.63) is 29.8 Å². The van der Waals surface area contributed by atoms with Gasteiger partial charge >= 0.3 is 5.97 Å². The highest BCUT2D eigenvalue weighted by molar-refractivity contribution is 6.04. The van der Waals surface area contributed by atoms with Crippen molar-refractivity contribution in [1.82, 2.24) is 5.32 Å². The monoisotopic (exact) mass is 334 g/mol. The molecule has 7 heteroatoms. The summed E-state index contributed by atoms with van der Waals surface area (Å²) in [6.07, 6.45) is 0.699. The second-order valence-corrected chi connectivity index (χ2v) is 5.21. The highest BCUT2D eigenvalue weighted by Crippen LogP contribution is 2.15. The molecule has 0 saturated carbocycles. The van der Waals surface area contributed by atoms with Gasteiger partial charge in [-0.3, -0.25) is 14.4 Å². The van der Waals surface area contributed by atoms with Crippen LogP contribution in [0.2, 0.25) is 0 Å². The number of Topliss-reactive ketones (excluding diaryl/α,β-unsaturated/α-hetero) is 1. The minimum atomic E-state index is -0.927. The molecule has 2 N–H and O–H groups in total. The number of nitrogens with one attached hydrogen (secondary N) is 2. The van der Waals surface area contributed by atoms with E-state index < -0.39 is 17.9 Å². The average Bonchev–Trinajstić information content (AvgIpc) is 2.57. The number of benzene rings is 1. The number of ether oxygens (including phenoxy) is 1. The van der Waals surface area contributed by atoms with Crippen LogP contribution in [0.15, 0.2) is 24.3 Å². The van der Waals surface area contributed by atoms with E-state index in [1.54, 1.807) is 25.1 Å². The van der Waals surface area contributed by atoms with Gasteiger partial charge in [-0.05, 0) is 18.6 Å². The summed E-state index contributed by atoms with van der Waals surface area (Å²) in [4.78, 5) is 46.9. The van der Waals surface area contributed by atoms with Gasteiger partial charge in [-0.1, -0.05) is 19.1 Å². The Morgan fingerprint density at radius 1 is 1.17 bits per heavy atom. The third-order valence-corrected chi connectivity index (χ3v) is 3.38. The number of para-hydroxylation sites is 1. The molecule has 7 nitrogen and oxygen atoms in total. The number of amides is 2. The van der Waals surface area contributed by atoms with Crippen molar-refractivity contribution in [2.75, 3.05) is 12.4 Å². The SMILES string of the molecule is CCC(=O)CC[C@@H](NC(=O)c1ccccc1NC(C)=O)C(=O)OC. The Balaban J connectivity index is 2.90. The van der Waals surface area contributed by atoms with Crippen LogP contribution in [-0.4, -0.2) is 36.7 Å². The van der Waals surface area contributed by atoms with Crippen molar-refractivity contribution < 1.29 is 23.9 Å². The van der Waals surface area contributed by atoms with Crippen molar-refractivity contribution in [2.24, 2.45) is 0 Å². The van der Waals surface area contributed by atoms with Gasteiger partial charge in [0.15, 0.2) is 0 Å². The molecular weight excluding hydrogens is 312 g/mol. The molecule has 0 aromatic heterocycles. The third-order valence-electron chi connectivity index (χ3n) is 3.38. The van der Waals surface area contributed by atoms with Crippen molar-refractivity contribution in [3.63, 3.8) is 0 Å². The first-order valence-electron chi connectivity index (χ1n) is 7.66. The molecule has 0 fully saturated rings. The van der Waals surface area contributed by atoms with E-state index in [9.17, 15) is 19.2 Å². The van der Waals surface area contributed by atoms with Gasteiger partial charge in [0.2, 0.25) is 5.91 Å². The van der Waals surface area contributed by atoms with Gasteiger partial charge in [0.1, 0.15) is 11.8 Å². The van der Waals surface area contributed by atoms with E-state index in [0.717, 1.165) is 0 Å². The van der Waals surface area contributed by atoms with Crippen LogP contribution in [0, 0.1) is 0 Å². The van der Waals surface area contributed by atoms with Crippen LogP contribution in [0.1, 0.15) is 43.5 Å². The molecule has 0 aliphatic rings. The number of methoxy groups -OCH3 is 1. The molecule has 1 rings (SSSR count). The number of anilines is 1. The normalized spacial score (nSPS) is 11.3. The lowest BCUT2D eigenvalue weighted by Gasteiger charge is -2.17. The number of hydrogen-bond acceptors (Lipinski definition) is 5. The number of esters is 1. The summed E-state index contributed by atoms with van der Waals surface area (Å²) >= 11 is 0. The highest BCUT2D eigenvalue weighted by Gasteiger charge is 2.24. The Morgan fingerprint density at radius 2 is 1.83 bits per heavy atom. The maximum absolute atomic E-state index is 12.4. The summed E-state index contributed by atoms with van der Waals surface area (Å²) in [5.74, 6) is -1.46. The van der Waals surface area contributed by atoms with Crippen molar-refractivity contribution in [1.29, 1.82) is 0 Å². The Bertz CT molecular complexity index is 627. The van der Waals surface area contributed by atoms with E-state index in [0.29, 0.717) is 12.1 Å². The minimum Gasteiger partial charge on any atom is -0.467 e. The quantitative estimate of drug-likeness (QED) is 0.704. The maximum atomic E-state index is 12.4. The van der Waals surface area contributed by atoms with Crippen molar-refractivity contribution >= 4 is 29.3 Å². The van der Waals surface area contributed by atoms with Crippen molar-refractivity contribution in [3.8, 4) is 0 Å². The zero-order valence-corrected chi connectivity index (χ0v) is 14.0. The van der Waals surface area contributed by atoms with Gasteiger partial charge < -0.3 is 15.4 Å². The van der Waals surface area contributed by atoms with E-state index in [1.165, 1.54) is 20.1 Å². The van der Waals surface area contributed by atoms with Gasteiger partial charge in [0.05, 0.1) is 18.4 Å². The Hall–Kier alpha value is -2.70. The molecule has 0 heterocycles. The summed E-state index contributed by atoms with van der Waals surface area (Å²) in [6, 6.07) is 5.52. The summed E-state index contributed by atoms with van der Waals surface area (Å²) in [7, 11) is 1.22. The number of hydrogen-bond donors (Lipinski definition) is 2. The molecule has 1 aromatic rings. The Morgan fingerprint density at radius 3 is 2.42 bits per heavy atom. The molecule has 0 aliphatic heterocycles. The molecule has 0 saturated heterocycles.